The van der Waals surface area contributed by atoms with Crippen LogP contribution in [0.15, 0.2) is 53.3 Å². The first kappa shape index (κ1) is 13.0. The Morgan fingerprint density at radius 3 is 1.88 bits per heavy atom. The standard InChI is InChI=1S/C19H10N2O3/c22-17-14-10-6-2-3-7-11(10)20-16(14)18(23)13-9-5-1-4-8-12(9)21-19(24)15(13)17/h1-8,20H,(H,21,24). The second-order valence-corrected chi connectivity index (χ2v) is 5.83. The summed E-state index contributed by atoms with van der Waals surface area (Å²) in [7, 11) is 0. The van der Waals surface area contributed by atoms with Crippen molar-refractivity contribution >= 4 is 33.4 Å². The number of fused-ring (bicyclic) bond motifs is 6. The number of carbonyl (C=O) groups is 2. The van der Waals surface area contributed by atoms with Crippen molar-refractivity contribution in [2.45, 2.75) is 0 Å². The molecule has 2 N–H and O–H groups in total. The Hall–Kier alpha value is -3.47. The number of pyridine rings is 1. The summed E-state index contributed by atoms with van der Waals surface area (Å²) in [6.07, 6.45) is 0. The summed E-state index contributed by atoms with van der Waals surface area (Å²) in [5, 5.41) is 1.24. The van der Waals surface area contributed by atoms with Crippen LogP contribution in [-0.2, 0) is 0 Å². The number of benzene rings is 2. The van der Waals surface area contributed by atoms with Crippen LogP contribution in [-0.4, -0.2) is 21.5 Å². The summed E-state index contributed by atoms with van der Waals surface area (Å²) < 4.78 is 0. The Balaban J connectivity index is 1.98. The van der Waals surface area contributed by atoms with Gasteiger partial charge < -0.3 is 9.97 Å². The van der Waals surface area contributed by atoms with E-state index in [-0.39, 0.29) is 28.2 Å². The molecule has 1 aliphatic carbocycles. The van der Waals surface area contributed by atoms with Crippen molar-refractivity contribution < 1.29 is 9.59 Å². The number of para-hydroxylation sites is 2. The molecule has 0 fully saturated rings. The second-order valence-electron chi connectivity index (χ2n) is 5.83. The summed E-state index contributed by atoms with van der Waals surface area (Å²) in [6.45, 7) is 0. The topological polar surface area (TPSA) is 82.8 Å². The van der Waals surface area contributed by atoms with E-state index >= 15 is 0 Å². The Bertz CT molecular complexity index is 1260. The van der Waals surface area contributed by atoms with Crippen LogP contribution < -0.4 is 5.56 Å². The van der Waals surface area contributed by atoms with Gasteiger partial charge in [-0.1, -0.05) is 36.4 Å². The van der Waals surface area contributed by atoms with Crippen LogP contribution in [0.5, 0.6) is 0 Å². The van der Waals surface area contributed by atoms with Gasteiger partial charge in [0.2, 0.25) is 11.6 Å². The first-order valence-electron chi connectivity index (χ1n) is 7.52. The van der Waals surface area contributed by atoms with Gasteiger partial charge in [-0.2, -0.15) is 0 Å². The number of nitrogens with one attached hydrogen (secondary N) is 2. The van der Waals surface area contributed by atoms with E-state index in [0.717, 1.165) is 0 Å². The molecule has 5 rings (SSSR count). The largest absolute Gasteiger partial charge is 0.351 e. The number of rotatable bonds is 0. The van der Waals surface area contributed by atoms with E-state index < -0.39 is 11.3 Å². The summed E-state index contributed by atoms with van der Waals surface area (Å²) in [6, 6.07) is 14.2. The van der Waals surface area contributed by atoms with Crippen LogP contribution in [0.2, 0.25) is 0 Å². The van der Waals surface area contributed by atoms with Gasteiger partial charge in [0.25, 0.3) is 5.56 Å². The lowest BCUT2D eigenvalue weighted by molar-refractivity contribution is 0.0978. The maximum absolute atomic E-state index is 13.1. The SMILES string of the molecule is O=C1c2c(c3ccccc3[nH]c2=O)C(=O)c2[nH]c3ccccc3c21. The zero-order chi connectivity index (χ0) is 16.4. The number of hydrogen-bond acceptors (Lipinski definition) is 3. The highest BCUT2D eigenvalue weighted by molar-refractivity contribution is 6.34. The quantitative estimate of drug-likeness (QED) is 0.461. The lowest BCUT2D eigenvalue weighted by Gasteiger charge is -2.15. The Morgan fingerprint density at radius 1 is 0.583 bits per heavy atom. The molecule has 4 aromatic rings. The minimum atomic E-state index is -0.530. The number of aromatic nitrogens is 2. The monoisotopic (exact) mass is 314 g/mol. The Labute approximate surface area is 134 Å². The normalized spacial score (nSPS) is 13.3. The van der Waals surface area contributed by atoms with E-state index in [1.807, 2.05) is 6.07 Å². The lowest BCUT2D eigenvalue weighted by atomic mass is 9.85. The highest BCUT2D eigenvalue weighted by Crippen LogP contribution is 2.33. The molecule has 0 radical (unpaired) electrons. The van der Waals surface area contributed by atoms with Crippen LogP contribution in [0.4, 0.5) is 0 Å². The third kappa shape index (κ3) is 1.46. The zero-order valence-corrected chi connectivity index (χ0v) is 12.3. The first-order valence-corrected chi connectivity index (χ1v) is 7.52. The molecule has 5 nitrogen and oxygen atoms in total. The van der Waals surface area contributed by atoms with Gasteiger partial charge >= 0.3 is 0 Å². The molecule has 2 heterocycles. The number of carbonyl (C=O) groups excluding carboxylic acids is 2. The number of ketones is 2. The predicted octanol–water partition coefficient (Wildman–Crippen LogP) is 2.78. The highest BCUT2D eigenvalue weighted by Gasteiger charge is 2.36. The van der Waals surface area contributed by atoms with Gasteiger partial charge in [-0.3, -0.25) is 14.4 Å². The predicted molar refractivity (Wildman–Crippen MR) is 89.7 cm³/mol. The zero-order valence-electron chi connectivity index (χ0n) is 12.3. The fourth-order valence-corrected chi connectivity index (χ4v) is 3.49. The van der Waals surface area contributed by atoms with E-state index in [2.05, 4.69) is 9.97 Å². The number of hydrogen-bond donors (Lipinski definition) is 2. The average molecular weight is 314 g/mol. The molecule has 24 heavy (non-hydrogen) atoms. The fraction of sp³-hybridized carbons (Fsp3) is 0. The smallest absolute Gasteiger partial charge is 0.260 e. The minimum Gasteiger partial charge on any atom is -0.351 e. The van der Waals surface area contributed by atoms with Crippen molar-refractivity contribution in [1.29, 1.82) is 0 Å². The maximum Gasteiger partial charge on any atom is 0.260 e. The van der Waals surface area contributed by atoms with Crippen molar-refractivity contribution in [3.05, 3.63) is 81.3 Å². The molecule has 0 saturated carbocycles. The van der Waals surface area contributed by atoms with Gasteiger partial charge in [-0.05, 0) is 12.1 Å². The molecular weight excluding hydrogens is 304 g/mol. The molecule has 0 aliphatic heterocycles. The molecule has 0 unspecified atom stereocenters. The average Bonchev–Trinajstić information content (AvgIpc) is 2.99. The molecule has 0 amide bonds. The molecule has 0 saturated heterocycles. The molecule has 0 spiro atoms. The maximum atomic E-state index is 13.1. The summed E-state index contributed by atoms with van der Waals surface area (Å²) in [4.78, 5) is 44.3. The summed E-state index contributed by atoms with van der Waals surface area (Å²) in [5.41, 5.74) is 1.36. The molecule has 5 heteroatoms. The van der Waals surface area contributed by atoms with E-state index in [1.165, 1.54) is 0 Å². The fourth-order valence-electron chi connectivity index (χ4n) is 3.49. The van der Waals surface area contributed by atoms with Crippen LogP contribution in [0.1, 0.15) is 32.0 Å². The number of aromatic amines is 2. The molecule has 2 aromatic carbocycles. The highest BCUT2D eigenvalue weighted by atomic mass is 16.2. The Morgan fingerprint density at radius 2 is 1.17 bits per heavy atom. The molecule has 114 valence electrons. The van der Waals surface area contributed by atoms with Gasteiger partial charge in [-0.15, -0.1) is 0 Å². The van der Waals surface area contributed by atoms with E-state index in [0.29, 0.717) is 21.8 Å². The minimum absolute atomic E-state index is 0.0732. The summed E-state index contributed by atoms with van der Waals surface area (Å²) >= 11 is 0. The van der Waals surface area contributed by atoms with Gasteiger partial charge in [0.15, 0.2) is 0 Å². The van der Waals surface area contributed by atoms with Crippen LogP contribution in [0, 0.1) is 0 Å². The van der Waals surface area contributed by atoms with Crippen molar-refractivity contribution in [3.63, 3.8) is 0 Å². The molecule has 2 aromatic heterocycles. The van der Waals surface area contributed by atoms with Crippen molar-refractivity contribution in [2.24, 2.45) is 0 Å². The molecule has 0 bridgehead atoms. The third-order valence-electron chi connectivity index (χ3n) is 4.54. The van der Waals surface area contributed by atoms with E-state index in [4.69, 9.17) is 0 Å². The van der Waals surface area contributed by atoms with Crippen LogP contribution in [0.25, 0.3) is 21.8 Å². The molecular formula is C19H10N2O3. The van der Waals surface area contributed by atoms with Crippen molar-refractivity contribution in [1.82, 2.24) is 9.97 Å². The first-order chi connectivity index (χ1) is 11.7. The van der Waals surface area contributed by atoms with Gasteiger partial charge in [0.1, 0.15) is 0 Å². The Kier molecular flexibility index (Phi) is 2.33. The van der Waals surface area contributed by atoms with Gasteiger partial charge in [0.05, 0.1) is 22.4 Å². The van der Waals surface area contributed by atoms with Gasteiger partial charge in [0, 0.05) is 21.8 Å². The number of H-pyrrole nitrogens is 2. The van der Waals surface area contributed by atoms with E-state index in [9.17, 15) is 14.4 Å². The van der Waals surface area contributed by atoms with Crippen LogP contribution in [0.3, 0.4) is 0 Å². The second kappa shape index (κ2) is 4.29. The van der Waals surface area contributed by atoms with E-state index in [1.54, 1.807) is 42.5 Å². The van der Waals surface area contributed by atoms with Gasteiger partial charge in [-0.25, -0.2) is 0 Å². The lowest BCUT2D eigenvalue weighted by Crippen LogP contribution is -2.29. The molecule has 0 atom stereocenters. The van der Waals surface area contributed by atoms with Crippen LogP contribution >= 0.6 is 0 Å². The molecule has 1 aliphatic rings. The van der Waals surface area contributed by atoms with Crippen molar-refractivity contribution in [3.8, 4) is 0 Å². The summed E-state index contributed by atoms with van der Waals surface area (Å²) in [5.74, 6) is -0.734. The van der Waals surface area contributed by atoms with Crippen molar-refractivity contribution in [2.75, 3.05) is 0 Å². The third-order valence-corrected chi connectivity index (χ3v) is 4.54.